The third kappa shape index (κ3) is 4.20. The van der Waals surface area contributed by atoms with Crippen molar-refractivity contribution in [2.75, 3.05) is 6.61 Å². The number of benzene rings is 1. The van der Waals surface area contributed by atoms with Crippen LogP contribution in [0, 0.1) is 6.92 Å². The van der Waals surface area contributed by atoms with Gasteiger partial charge in [0.1, 0.15) is 10.9 Å². The summed E-state index contributed by atoms with van der Waals surface area (Å²) in [5.41, 5.74) is 1.89. The van der Waals surface area contributed by atoms with Crippen LogP contribution in [0.25, 0.3) is 6.08 Å². The summed E-state index contributed by atoms with van der Waals surface area (Å²) in [5.74, 6) is -0.870. The zero-order valence-electron chi connectivity index (χ0n) is 12.6. The predicted octanol–water partition coefficient (Wildman–Crippen LogP) is 2.74. The van der Waals surface area contributed by atoms with E-state index in [2.05, 4.69) is 5.10 Å². The first kappa shape index (κ1) is 16.8. The van der Waals surface area contributed by atoms with Crippen LogP contribution >= 0.6 is 11.6 Å². The first-order chi connectivity index (χ1) is 10.9. The van der Waals surface area contributed by atoms with E-state index in [1.165, 1.54) is 10.8 Å². The lowest BCUT2D eigenvalue weighted by Crippen LogP contribution is -2.09. The molecular formula is C16H15ClN2O4. The molecule has 23 heavy (non-hydrogen) atoms. The molecule has 0 saturated carbocycles. The van der Waals surface area contributed by atoms with Crippen LogP contribution in [0.3, 0.4) is 0 Å². The van der Waals surface area contributed by atoms with E-state index in [1.807, 2.05) is 6.92 Å². The number of ether oxygens (including phenoxy) is 1. The number of aliphatic carboxylic acids is 1. The predicted molar refractivity (Wildman–Crippen MR) is 85.9 cm³/mol. The highest BCUT2D eigenvalue weighted by Crippen LogP contribution is 2.20. The Morgan fingerprint density at radius 1 is 1.35 bits per heavy atom. The normalized spacial score (nSPS) is 10.9. The van der Waals surface area contributed by atoms with Crippen molar-refractivity contribution in [3.8, 4) is 5.75 Å². The fourth-order valence-corrected chi connectivity index (χ4v) is 2.19. The number of aryl methyl sites for hydroxylation is 2. The maximum atomic E-state index is 12.1. The monoisotopic (exact) mass is 334 g/mol. The summed E-state index contributed by atoms with van der Waals surface area (Å²) in [4.78, 5) is 22.6. The third-order valence-corrected chi connectivity index (χ3v) is 3.55. The van der Waals surface area contributed by atoms with Crippen molar-refractivity contribution in [1.29, 1.82) is 0 Å². The summed E-state index contributed by atoms with van der Waals surface area (Å²) >= 11 is 6.10. The topological polar surface area (TPSA) is 81.4 Å². The SMILES string of the molecule is Cc1nn(C)c(Cl)c1/C=C/C(=O)c1ccc(OCC(=O)O)cc1. The van der Waals surface area contributed by atoms with Gasteiger partial charge in [0.05, 0.1) is 5.69 Å². The summed E-state index contributed by atoms with van der Waals surface area (Å²) in [5, 5.41) is 13.2. The Bertz CT molecular complexity index is 763. The van der Waals surface area contributed by atoms with Gasteiger partial charge in [-0.1, -0.05) is 11.6 Å². The maximum absolute atomic E-state index is 12.1. The molecule has 0 atom stereocenters. The molecule has 1 aromatic heterocycles. The lowest BCUT2D eigenvalue weighted by molar-refractivity contribution is -0.139. The lowest BCUT2D eigenvalue weighted by atomic mass is 10.1. The van der Waals surface area contributed by atoms with Crippen LogP contribution in [0.2, 0.25) is 5.15 Å². The highest BCUT2D eigenvalue weighted by molar-refractivity contribution is 6.31. The van der Waals surface area contributed by atoms with Crippen molar-refractivity contribution in [2.24, 2.45) is 7.05 Å². The van der Waals surface area contributed by atoms with Crippen molar-refractivity contribution in [2.45, 2.75) is 6.92 Å². The summed E-state index contributed by atoms with van der Waals surface area (Å²) in [6.45, 7) is 1.39. The fraction of sp³-hybridized carbons (Fsp3) is 0.188. The van der Waals surface area contributed by atoms with E-state index in [-0.39, 0.29) is 5.78 Å². The van der Waals surface area contributed by atoms with Crippen LogP contribution in [0.1, 0.15) is 21.6 Å². The van der Waals surface area contributed by atoms with E-state index >= 15 is 0 Å². The number of allylic oxidation sites excluding steroid dienone is 1. The molecule has 0 spiro atoms. The number of carboxylic acid groups (broad SMARTS) is 1. The van der Waals surface area contributed by atoms with Gasteiger partial charge in [0, 0.05) is 18.2 Å². The van der Waals surface area contributed by atoms with Crippen LogP contribution in [0.15, 0.2) is 30.3 Å². The van der Waals surface area contributed by atoms with Crippen LogP contribution in [0.5, 0.6) is 5.75 Å². The molecule has 0 radical (unpaired) electrons. The van der Waals surface area contributed by atoms with E-state index in [9.17, 15) is 9.59 Å². The quantitative estimate of drug-likeness (QED) is 0.649. The highest BCUT2D eigenvalue weighted by atomic mass is 35.5. The first-order valence-corrected chi connectivity index (χ1v) is 7.12. The molecule has 0 unspecified atom stereocenters. The van der Waals surface area contributed by atoms with E-state index in [0.717, 1.165) is 5.69 Å². The Hall–Kier alpha value is -2.60. The zero-order chi connectivity index (χ0) is 17.0. The molecule has 6 nitrogen and oxygen atoms in total. The Balaban J connectivity index is 2.08. The molecule has 0 bridgehead atoms. The molecule has 0 aliphatic rings. The number of ketones is 1. The largest absolute Gasteiger partial charge is 0.482 e. The number of nitrogens with zero attached hydrogens (tertiary/aromatic N) is 2. The number of rotatable bonds is 6. The van der Waals surface area contributed by atoms with Gasteiger partial charge in [-0.05, 0) is 43.3 Å². The van der Waals surface area contributed by atoms with Crippen LogP contribution < -0.4 is 4.74 Å². The van der Waals surface area contributed by atoms with Crippen molar-refractivity contribution >= 4 is 29.4 Å². The first-order valence-electron chi connectivity index (χ1n) is 6.74. The molecule has 1 heterocycles. The maximum Gasteiger partial charge on any atom is 0.341 e. The molecule has 0 amide bonds. The van der Waals surface area contributed by atoms with Gasteiger partial charge in [0.25, 0.3) is 0 Å². The summed E-state index contributed by atoms with van der Waals surface area (Å²) in [7, 11) is 1.73. The number of carbonyl (C=O) groups excluding carboxylic acids is 1. The molecule has 0 aliphatic carbocycles. The smallest absolute Gasteiger partial charge is 0.341 e. The number of halogens is 1. The number of hydrogen-bond donors (Lipinski definition) is 1. The number of carboxylic acids is 1. The standard InChI is InChI=1S/C16H15ClN2O4/c1-10-13(16(17)19(2)18-10)7-8-14(20)11-3-5-12(6-4-11)23-9-15(21)22/h3-8H,9H2,1-2H3,(H,21,22)/b8-7+. The number of aromatic nitrogens is 2. The van der Waals surface area contributed by atoms with Crippen molar-refractivity contribution in [3.05, 3.63) is 52.3 Å². The Labute approximate surface area is 137 Å². The van der Waals surface area contributed by atoms with E-state index in [4.69, 9.17) is 21.4 Å². The molecule has 0 saturated heterocycles. The van der Waals surface area contributed by atoms with Crippen LogP contribution in [-0.4, -0.2) is 33.2 Å². The highest BCUT2D eigenvalue weighted by Gasteiger charge is 2.09. The van der Waals surface area contributed by atoms with Gasteiger partial charge in [-0.15, -0.1) is 0 Å². The molecule has 0 fully saturated rings. The van der Waals surface area contributed by atoms with Gasteiger partial charge < -0.3 is 9.84 Å². The molecule has 1 aromatic carbocycles. The second kappa shape index (κ2) is 7.11. The zero-order valence-corrected chi connectivity index (χ0v) is 13.4. The lowest BCUT2D eigenvalue weighted by Gasteiger charge is -2.03. The minimum atomic E-state index is -1.06. The van der Waals surface area contributed by atoms with E-state index in [1.54, 1.807) is 37.4 Å². The average Bonchev–Trinajstić information content (AvgIpc) is 2.76. The van der Waals surface area contributed by atoms with Gasteiger partial charge in [0.2, 0.25) is 0 Å². The summed E-state index contributed by atoms with van der Waals surface area (Å²) < 4.78 is 6.55. The number of carbonyl (C=O) groups is 2. The van der Waals surface area contributed by atoms with Crippen molar-refractivity contribution < 1.29 is 19.4 Å². The molecular weight excluding hydrogens is 320 g/mol. The van der Waals surface area contributed by atoms with Gasteiger partial charge in [-0.25, -0.2) is 4.79 Å². The Morgan fingerprint density at radius 3 is 2.52 bits per heavy atom. The van der Waals surface area contributed by atoms with Crippen LogP contribution in [-0.2, 0) is 11.8 Å². The van der Waals surface area contributed by atoms with Gasteiger partial charge in [-0.2, -0.15) is 5.10 Å². The second-order valence-electron chi connectivity index (χ2n) is 4.82. The van der Waals surface area contributed by atoms with Crippen molar-refractivity contribution in [1.82, 2.24) is 9.78 Å². The molecule has 0 aliphatic heterocycles. The molecule has 1 N–H and O–H groups in total. The second-order valence-corrected chi connectivity index (χ2v) is 5.18. The van der Waals surface area contributed by atoms with Gasteiger partial charge in [-0.3, -0.25) is 9.48 Å². The van der Waals surface area contributed by atoms with E-state index in [0.29, 0.717) is 22.0 Å². The molecule has 2 aromatic rings. The average molecular weight is 335 g/mol. The summed E-state index contributed by atoms with van der Waals surface area (Å²) in [6.07, 6.45) is 3.05. The summed E-state index contributed by atoms with van der Waals surface area (Å²) in [6, 6.07) is 6.24. The molecule has 2 rings (SSSR count). The van der Waals surface area contributed by atoms with E-state index < -0.39 is 12.6 Å². The molecule has 120 valence electrons. The van der Waals surface area contributed by atoms with Gasteiger partial charge >= 0.3 is 5.97 Å². The number of hydrogen-bond acceptors (Lipinski definition) is 4. The molecule has 7 heteroatoms. The fourth-order valence-electron chi connectivity index (χ4n) is 1.95. The van der Waals surface area contributed by atoms with Gasteiger partial charge in [0.15, 0.2) is 12.4 Å². The van der Waals surface area contributed by atoms with Crippen molar-refractivity contribution in [3.63, 3.8) is 0 Å². The third-order valence-electron chi connectivity index (χ3n) is 3.10. The Morgan fingerprint density at radius 2 is 2.00 bits per heavy atom. The minimum absolute atomic E-state index is 0.200. The van der Waals surface area contributed by atoms with Crippen LogP contribution in [0.4, 0.5) is 0 Å². The Kier molecular flexibility index (Phi) is 5.18. The minimum Gasteiger partial charge on any atom is -0.482 e.